The van der Waals surface area contributed by atoms with Crippen LogP contribution in [0.5, 0.6) is 0 Å². The lowest BCUT2D eigenvalue weighted by Gasteiger charge is -2.32. The third kappa shape index (κ3) is 4.73. The summed E-state index contributed by atoms with van der Waals surface area (Å²) in [6.45, 7) is 9.69. The van der Waals surface area contributed by atoms with E-state index in [1.54, 1.807) is 0 Å². The van der Waals surface area contributed by atoms with E-state index in [0.29, 0.717) is 6.04 Å². The summed E-state index contributed by atoms with van der Waals surface area (Å²) in [5, 5.41) is 0. The highest BCUT2D eigenvalue weighted by Crippen LogP contribution is 2.11. The fourth-order valence-corrected chi connectivity index (χ4v) is 1.40. The summed E-state index contributed by atoms with van der Waals surface area (Å²) in [6, 6.07) is 0.588. The van der Waals surface area contributed by atoms with Crippen molar-refractivity contribution in [2.24, 2.45) is 5.73 Å². The molecule has 0 heterocycles. The van der Waals surface area contributed by atoms with Crippen LogP contribution < -0.4 is 5.73 Å². The van der Waals surface area contributed by atoms with E-state index in [2.05, 4.69) is 39.6 Å². The molecule has 12 heavy (non-hydrogen) atoms. The van der Waals surface area contributed by atoms with Crippen molar-refractivity contribution in [1.82, 2.24) is 4.90 Å². The molecule has 0 bridgehead atoms. The molecule has 2 N–H and O–H groups in total. The van der Waals surface area contributed by atoms with Crippen LogP contribution in [0.15, 0.2) is 0 Å². The van der Waals surface area contributed by atoms with Crippen molar-refractivity contribution in [1.29, 1.82) is 0 Å². The Labute approximate surface area is 77.1 Å². The van der Waals surface area contributed by atoms with Crippen molar-refractivity contribution in [3.05, 3.63) is 0 Å². The van der Waals surface area contributed by atoms with Crippen LogP contribution in [0.3, 0.4) is 0 Å². The van der Waals surface area contributed by atoms with Crippen LogP contribution in [0.2, 0.25) is 0 Å². The van der Waals surface area contributed by atoms with Crippen molar-refractivity contribution < 1.29 is 0 Å². The Hall–Kier alpha value is -0.0800. The summed E-state index contributed by atoms with van der Waals surface area (Å²) in [5.41, 5.74) is 6.10. The van der Waals surface area contributed by atoms with E-state index in [0.717, 1.165) is 13.0 Å². The molecule has 0 rings (SSSR count). The van der Waals surface area contributed by atoms with Gasteiger partial charge in [0.15, 0.2) is 0 Å². The van der Waals surface area contributed by atoms with E-state index < -0.39 is 0 Å². The summed E-state index contributed by atoms with van der Waals surface area (Å²) in [7, 11) is 2.13. The first-order chi connectivity index (χ1) is 5.39. The third-order valence-corrected chi connectivity index (χ3v) is 2.31. The molecule has 74 valence electrons. The molecule has 0 radical (unpaired) electrons. The van der Waals surface area contributed by atoms with Crippen molar-refractivity contribution >= 4 is 0 Å². The van der Waals surface area contributed by atoms with Gasteiger partial charge in [-0.15, -0.1) is 0 Å². The summed E-state index contributed by atoms with van der Waals surface area (Å²) >= 11 is 0. The second-order valence-electron chi connectivity index (χ2n) is 4.41. The van der Waals surface area contributed by atoms with Gasteiger partial charge in [0.2, 0.25) is 0 Å². The Kier molecular flexibility index (Phi) is 4.80. The van der Waals surface area contributed by atoms with Gasteiger partial charge in [0.05, 0.1) is 0 Å². The van der Waals surface area contributed by atoms with Crippen LogP contribution >= 0.6 is 0 Å². The molecule has 0 amide bonds. The predicted octanol–water partition coefficient (Wildman–Crippen LogP) is 1.84. The van der Waals surface area contributed by atoms with Crippen molar-refractivity contribution in [2.75, 3.05) is 13.6 Å². The zero-order valence-electron chi connectivity index (χ0n) is 9.22. The van der Waals surface area contributed by atoms with Crippen molar-refractivity contribution in [3.8, 4) is 0 Å². The quantitative estimate of drug-likeness (QED) is 0.685. The van der Waals surface area contributed by atoms with E-state index in [-0.39, 0.29) is 5.54 Å². The van der Waals surface area contributed by atoms with Crippen LogP contribution in [-0.2, 0) is 0 Å². The highest BCUT2D eigenvalue weighted by atomic mass is 15.1. The molecule has 1 atom stereocenters. The molecule has 2 heteroatoms. The molecule has 0 fully saturated rings. The van der Waals surface area contributed by atoms with Crippen LogP contribution in [0.1, 0.15) is 40.5 Å². The largest absolute Gasteiger partial charge is 0.324 e. The Morgan fingerprint density at radius 1 is 1.42 bits per heavy atom. The van der Waals surface area contributed by atoms with E-state index in [4.69, 9.17) is 5.73 Å². The van der Waals surface area contributed by atoms with Gasteiger partial charge in [-0.1, -0.05) is 13.3 Å². The number of hydrogen-bond donors (Lipinski definition) is 1. The molecular weight excluding hydrogens is 148 g/mol. The van der Waals surface area contributed by atoms with Gasteiger partial charge in [0.25, 0.3) is 0 Å². The number of nitrogens with zero attached hydrogens (tertiary/aromatic N) is 1. The fraction of sp³-hybridized carbons (Fsp3) is 1.00. The second-order valence-corrected chi connectivity index (χ2v) is 4.41. The van der Waals surface area contributed by atoms with Crippen molar-refractivity contribution in [2.45, 2.75) is 52.1 Å². The third-order valence-electron chi connectivity index (χ3n) is 2.31. The zero-order chi connectivity index (χ0) is 9.78. The number of likely N-dealkylation sites (N-methyl/N-ethyl adjacent to an activating group) is 1. The molecule has 0 aliphatic heterocycles. The molecule has 0 aromatic rings. The highest BCUT2D eigenvalue weighted by Gasteiger charge is 2.20. The zero-order valence-corrected chi connectivity index (χ0v) is 9.22. The fourth-order valence-electron chi connectivity index (χ4n) is 1.40. The maximum atomic E-state index is 6.12. The molecule has 0 aliphatic carbocycles. The van der Waals surface area contributed by atoms with E-state index in [9.17, 15) is 0 Å². The van der Waals surface area contributed by atoms with Crippen LogP contribution in [0, 0.1) is 0 Å². The van der Waals surface area contributed by atoms with Gasteiger partial charge in [0.1, 0.15) is 0 Å². The molecular formula is C10H24N2. The molecule has 0 aromatic heterocycles. The summed E-state index contributed by atoms with van der Waals surface area (Å²) in [6.07, 6.45) is 2.27. The molecule has 0 aliphatic rings. The maximum absolute atomic E-state index is 6.12. The lowest BCUT2D eigenvalue weighted by Crippen LogP contribution is -2.48. The minimum atomic E-state index is -0.0201. The molecule has 0 saturated carbocycles. The topological polar surface area (TPSA) is 29.3 Å². The SMILES string of the molecule is CCCC(C)(N)CN(C)C(C)C. The maximum Gasteiger partial charge on any atom is 0.0254 e. The first-order valence-electron chi connectivity index (χ1n) is 4.88. The predicted molar refractivity (Wildman–Crippen MR) is 55.3 cm³/mol. The molecule has 0 spiro atoms. The molecule has 1 unspecified atom stereocenters. The van der Waals surface area contributed by atoms with Crippen molar-refractivity contribution in [3.63, 3.8) is 0 Å². The standard InChI is InChI=1S/C10H24N2/c1-6-7-10(4,11)8-12(5)9(2)3/h9H,6-8,11H2,1-5H3. The summed E-state index contributed by atoms with van der Waals surface area (Å²) in [5.74, 6) is 0. The normalized spacial score (nSPS) is 17.0. The highest BCUT2D eigenvalue weighted by molar-refractivity contribution is 4.81. The minimum absolute atomic E-state index is 0.0201. The Morgan fingerprint density at radius 2 is 1.92 bits per heavy atom. The van der Waals surface area contributed by atoms with E-state index >= 15 is 0 Å². The van der Waals surface area contributed by atoms with Gasteiger partial charge in [-0.2, -0.15) is 0 Å². The number of rotatable bonds is 5. The number of hydrogen-bond acceptors (Lipinski definition) is 2. The molecule has 2 nitrogen and oxygen atoms in total. The summed E-state index contributed by atoms with van der Waals surface area (Å²) in [4.78, 5) is 2.30. The smallest absolute Gasteiger partial charge is 0.0254 e. The molecule has 0 aromatic carbocycles. The Morgan fingerprint density at radius 3 is 2.25 bits per heavy atom. The first kappa shape index (κ1) is 11.9. The van der Waals surface area contributed by atoms with E-state index in [1.165, 1.54) is 6.42 Å². The van der Waals surface area contributed by atoms with Gasteiger partial charge in [-0.05, 0) is 34.2 Å². The monoisotopic (exact) mass is 172 g/mol. The van der Waals surface area contributed by atoms with Crippen LogP contribution in [0.4, 0.5) is 0 Å². The minimum Gasteiger partial charge on any atom is -0.324 e. The number of nitrogens with two attached hydrogens (primary N) is 1. The Balaban J connectivity index is 3.87. The van der Waals surface area contributed by atoms with Gasteiger partial charge in [-0.3, -0.25) is 0 Å². The molecule has 0 saturated heterocycles. The van der Waals surface area contributed by atoms with Gasteiger partial charge < -0.3 is 10.6 Å². The lowest BCUT2D eigenvalue weighted by atomic mass is 9.96. The average molecular weight is 172 g/mol. The first-order valence-corrected chi connectivity index (χ1v) is 4.88. The second kappa shape index (κ2) is 4.83. The lowest BCUT2D eigenvalue weighted by molar-refractivity contribution is 0.208. The Bertz CT molecular complexity index is 119. The average Bonchev–Trinajstić information content (AvgIpc) is 1.85. The van der Waals surface area contributed by atoms with Gasteiger partial charge in [0, 0.05) is 18.1 Å². The van der Waals surface area contributed by atoms with E-state index in [1.807, 2.05) is 0 Å². The van der Waals surface area contributed by atoms with Crippen LogP contribution in [-0.4, -0.2) is 30.1 Å². The van der Waals surface area contributed by atoms with Crippen LogP contribution in [0.25, 0.3) is 0 Å². The van der Waals surface area contributed by atoms with Gasteiger partial charge in [-0.25, -0.2) is 0 Å². The summed E-state index contributed by atoms with van der Waals surface area (Å²) < 4.78 is 0. The van der Waals surface area contributed by atoms with Gasteiger partial charge >= 0.3 is 0 Å².